The number of nitrogens with zero attached hydrogens (tertiary/aromatic N) is 3. The van der Waals surface area contributed by atoms with E-state index in [1.807, 2.05) is 0 Å². The number of aromatic nitrogens is 1. The summed E-state index contributed by atoms with van der Waals surface area (Å²) in [5, 5.41) is 11.6. The van der Waals surface area contributed by atoms with Gasteiger partial charge in [0.2, 0.25) is 5.75 Å². The number of hydrogen-bond donors (Lipinski definition) is 0. The Labute approximate surface area is 135 Å². The Morgan fingerprint density at radius 3 is 2.71 bits per heavy atom. The molecular weight excluding hydrogens is 365 g/mol. The van der Waals surface area contributed by atoms with E-state index in [0.717, 1.165) is 0 Å². The van der Waals surface area contributed by atoms with Gasteiger partial charge in [-0.3, -0.25) is 9.78 Å². The van der Waals surface area contributed by atoms with Crippen molar-refractivity contribution in [3.05, 3.63) is 59.3 Å². The number of ether oxygens (including phenoxy) is 1. The van der Waals surface area contributed by atoms with E-state index in [0.29, 0.717) is 16.9 Å². The summed E-state index contributed by atoms with van der Waals surface area (Å²) in [4.78, 5) is 13.5. The van der Waals surface area contributed by atoms with Gasteiger partial charge in [-0.15, -0.1) is 0 Å². The standard InChI is InChI=1S/C14H13N3O3.Pd/c1-20-12-4-2-3-11(13(12)18)9-16-17-14(19)10-5-7-15-8-6-10;/h2-9H,1H3,(H2,15,16,17,18,19);/q;+2/p+1. The van der Waals surface area contributed by atoms with E-state index < -0.39 is 0 Å². The van der Waals surface area contributed by atoms with Crippen LogP contribution >= 0.6 is 0 Å². The first-order valence-corrected chi connectivity index (χ1v) is 5.81. The molecule has 110 valence electrons. The fourth-order valence-corrected chi connectivity index (χ4v) is 1.53. The van der Waals surface area contributed by atoms with Gasteiger partial charge < -0.3 is 20.4 Å². The normalized spacial score (nSPS) is 9.95. The molecule has 0 aliphatic heterocycles. The van der Waals surface area contributed by atoms with Gasteiger partial charge in [0.15, 0.2) is 0 Å². The van der Waals surface area contributed by atoms with Crippen molar-refractivity contribution < 1.29 is 35.1 Å². The number of carbonyl (C=O) groups excluding carboxylic acids is 1. The number of amides is 1. The van der Waals surface area contributed by atoms with Crippen LogP contribution in [0.25, 0.3) is 5.43 Å². The Balaban J connectivity index is 0.00000220. The second kappa shape index (κ2) is 8.15. The first-order chi connectivity index (χ1) is 9.72. The maximum Gasteiger partial charge on any atom is 2.00 e. The number of hydrogen-bond acceptors (Lipinski definition) is 3. The SMILES string of the molecule is COc1cccc(C=N[N-]C(=[OH+])c2ccncc2)c1[OH2+].[Pd+2]. The first-order valence-electron chi connectivity index (χ1n) is 5.81. The average molecular weight is 379 g/mol. The third-order valence-electron chi connectivity index (χ3n) is 2.57. The predicted molar refractivity (Wildman–Crippen MR) is 77.3 cm³/mol. The maximum atomic E-state index is 9.71. The number of benzene rings is 1. The van der Waals surface area contributed by atoms with Crippen molar-refractivity contribution in [3.63, 3.8) is 0 Å². The van der Waals surface area contributed by atoms with Gasteiger partial charge in [0.05, 0.1) is 18.2 Å². The topological polar surface area (TPSA) is 92.9 Å². The van der Waals surface area contributed by atoms with Gasteiger partial charge in [-0.1, -0.05) is 6.07 Å². The van der Waals surface area contributed by atoms with E-state index in [-0.39, 0.29) is 32.1 Å². The van der Waals surface area contributed by atoms with Gasteiger partial charge in [0.25, 0.3) is 5.91 Å². The molecule has 3 N–H and O–H groups in total. The molecule has 0 saturated heterocycles. The molecule has 6 nitrogen and oxygen atoms in total. The Hall–Kier alpha value is -2.23. The van der Waals surface area contributed by atoms with Crippen LogP contribution in [0.1, 0.15) is 11.1 Å². The van der Waals surface area contributed by atoms with Crippen LogP contribution in [0.15, 0.2) is 47.8 Å². The molecule has 2 rings (SSSR count). The molecule has 1 heterocycles. The van der Waals surface area contributed by atoms with E-state index in [9.17, 15) is 4.79 Å². The quantitative estimate of drug-likeness (QED) is 0.351. The molecule has 7 heteroatoms. The minimum atomic E-state index is -0.210. The number of pyridine rings is 1. The summed E-state index contributed by atoms with van der Waals surface area (Å²) in [5.74, 6) is 0.465. The molecule has 1 amide bonds. The van der Waals surface area contributed by atoms with Crippen molar-refractivity contribution in [3.8, 4) is 11.5 Å². The van der Waals surface area contributed by atoms with Crippen LogP contribution in [-0.2, 0) is 20.4 Å². The van der Waals surface area contributed by atoms with Crippen molar-refractivity contribution >= 4 is 12.1 Å². The van der Waals surface area contributed by atoms with Gasteiger partial charge in [-0.25, -0.2) is 0 Å². The summed E-state index contributed by atoms with van der Waals surface area (Å²) in [7, 11) is 1.50. The zero-order valence-corrected chi connectivity index (χ0v) is 12.7. The van der Waals surface area contributed by atoms with Crippen LogP contribution in [0, 0.1) is 0 Å². The third kappa shape index (κ3) is 4.38. The van der Waals surface area contributed by atoms with Crippen LogP contribution in [0.5, 0.6) is 11.5 Å². The fourth-order valence-electron chi connectivity index (χ4n) is 1.53. The summed E-state index contributed by atoms with van der Waals surface area (Å²) in [6.45, 7) is 0. The van der Waals surface area contributed by atoms with Gasteiger partial charge in [-0.05, 0) is 24.3 Å². The summed E-state index contributed by atoms with van der Waals surface area (Å²) in [5.41, 5.74) is 4.75. The van der Waals surface area contributed by atoms with Crippen molar-refractivity contribution in [2.24, 2.45) is 5.10 Å². The molecule has 0 radical (unpaired) electrons. The molecule has 1 aromatic heterocycles. The van der Waals surface area contributed by atoms with Crippen molar-refractivity contribution in [2.75, 3.05) is 7.11 Å². The largest absolute Gasteiger partial charge is 2.00 e. The fraction of sp³-hybridized carbons (Fsp3) is 0.0714. The number of para-hydroxylation sites is 1. The van der Waals surface area contributed by atoms with Gasteiger partial charge in [-0.2, -0.15) is 0 Å². The summed E-state index contributed by atoms with van der Waals surface area (Å²) in [6.07, 6.45) is 4.49. The molecule has 0 aliphatic rings. The van der Waals surface area contributed by atoms with Crippen LogP contribution in [0.3, 0.4) is 0 Å². The second-order valence-corrected chi connectivity index (χ2v) is 3.83. The molecule has 1 aromatic carbocycles. The van der Waals surface area contributed by atoms with E-state index >= 15 is 0 Å². The zero-order chi connectivity index (χ0) is 14.4. The summed E-state index contributed by atoms with van der Waals surface area (Å²) < 4.78 is 5.04. The van der Waals surface area contributed by atoms with Crippen molar-refractivity contribution in [1.29, 1.82) is 0 Å². The van der Waals surface area contributed by atoms with Crippen molar-refractivity contribution in [2.45, 2.75) is 0 Å². The van der Waals surface area contributed by atoms with E-state index in [4.69, 9.17) is 9.84 Å². The summed E-state index contributed by atoms with van der Waals surface area (Å²) in [6, 6.07) is 8.40. The van der Waals surface area contributed by atoms with Gasteiger partial charge in [0.1, 0.15) is 0 Å². The predicted octanol–water partition coefficient (Wildman–Crippen LogP) is 1.78. The molecule has 0 unspecified atom stereocenters. The van der Waals surface area contributed by atoms with Crippen LogP contribution in [-0.4, -0.2) is 34.1 Å². The van der Waals surface area contributed by atoms with Crippen LogP contribution in [0.2, 0.25) is 0 Å². The number of rotatable bonds is 4. The Bertz CT molecular complexity index is 633. The molecule has 0 atom stereocenters. The van der Waals surface area contributed by atoms with E-state index in [1.54, 1.807) is 42.7 Å². The van der Waals surface area contributed by atoms with E-state index in [1.165, 1.54) is 13.3 Å². The minimum Gasteiger partial charge on any atom is -0.590 e. The monoisotopic (exact) mass is 378 g/mol. The van der Waals surface area contributed by atoms with E-state index in [2.05, 4.69) is 15.5 Å². The molecule has 0 aliphatic carbocycles. The molecule has 0 spiro atoms. The van der Waals surface area contributed by atoms with Gasteiger partial charge in [0, 0.05) is 18.6 Å². The Kier molecular flexibility index (Phi) is 6.53. The molecule has 21 heavy (non-hydrogen) atoms. The Morgan fingerprint density at radius 1 is 1.33 bits per heavy atom. The second-order valence-electron chi connectivity index (χ2n) is 3.83. The molecular formula is C14H14N3O3Pd+3. The third-order valence-corrected chi connectivity index (χ3v) is 2.57. The smallest absolute Gasteiger partial charge is 0.590 e. The van der Waals surface area contributed by atoms with Gasteiger partial charge >= 0.3 is 26.2 Å². The average Bonchev–Trinajstić information content (AvgIpc) is 2.49. The zero-order valence-electron chi connectivity index (χ0n) is 11.1. The maximum absolute atomic E-state index is 9.71. The minimum absolute atomic E-state index is 0. The Morgan fingerprint density at radius 2 is 2.05 bits per heavy atom. The molecule has 2 aromatic rings. The van der Waals surface area contributed by atoms with Crippen molar-refractivity contribution in [1.82, 2.24) is 4.98 Å². The number of methoxy groups -OCH3 is 1. The summed E-state index contributed by atoms with van der Waals surface area (Å²) >= 11 is 0. The molecule has 0 bridgehead atoms. The van der Waals surface area contributed by atoms with Crippen LogP contribution < -0.4 is 4.74 Å². The van der Waals surface area contributed by atoms with Crippen LogP contribution in [0.4, 0.5) is 0 Å². The molecule has 0 fully saturated rings. The first kappa shape index (κ1) is 16.8. The molecule has 0 saturated carbocycles.